The smallest absolute Gasteiger partial charge is 0.256 e. The molecule has 0 aliphatic heterocycles. The van der Waals surface area contributed by atoms with Crippen LogP contribution in [0.1, 0.15) is 16.7 Å². The molecular formula is C22H20N4O2. The van der Waals surface area contributed by atoms with Crippen molar-refractivity contribution in [1.29, 1.82) is 0 Å². The van der Waals surface area contributed by atoms with E-state index >= 15 is 0 Å². The molecule has 3 rings (SSSR count). The van der Waals surface area contributed by atoms with Crippen molar-refractivity contribution in [3.63, 3.8) is 0 Å². The third-order valence-corrected chi connectivity index (χ3v) is 4.19. The first kappa shape index (κ1) is 18.9. The topological polar surface area (TPSA) is 76.0 Å². The van der Waals surface area contributed by atoms with Crippen LogP contribution in [0.15, 0.2) is 65.7 Å². The van der Waals surface area contributed by atoms with E-state index in [1.165, 1.54) is 10.6 Å². The van der Waals surface area contributed by atoms with Gasteiger partial charge in [0.25, 0.3) is 5.56 Å². The lowest BCUT2D eigenvalue weighted by Gasteiger charge is -2.16. The molecule has 0 aliphatic carbocycles. The fourth-order valence-corrected chi connectivity index (χ4v) is 2.71. The number of aromatic nitrogens is 2. The number of nitrogens with one attached hydrogen (secondary N) is 2. The molecule has 0 saturated carbocycles. The van der Waals surface area contributed by atoms with E-state index in [4.69, 9.17) is 6.42 Å². The molecule has 3 aromatic rings. The lowest BCUT2D eigenvalue weighted by atomic mass is 10.2. The van der Waals surface area contributed by atoms with Crippen molar-refractivity contribution >= 4 is 11.7 Å². The van der Waals surface area contributed by atoms with Crippen molar-refractivity contribution in [1.82, 2.24) is 14.9 Å². The van der Waals surface area contributed by atoms with Crippen LogP contribution in [0.4, 0.5) is 5.82 Å². The largest absolute Gasteiger partial charge is 0.361 e. The maximum Gasteiger partial charge on any atom is 0.256 e. The number of amides is 1. The second-order valence-electron chi connectivity index (χ2n) is 6.23. The van der Waals surface area contributed by atoms with Gasteiger partial charge in [0.2, 0.25) is 5.91 Å². The number of hydrogen-bond donors (Lipinski definition) is 2. The summed E-state index contributed by atoms with van der Waals surface area (Å²) in [5, 5.41) is 5.84. The number of nitrogens with zero attached hydrogens (tertiary/aromatic N) is 2. The van der Waals surface area contributed by atoms with Gasteiger partial charge in [-0.15, -0.1) is 6.42 Å². The summed E-state index contributed by atoms with van der Waals surface area (Å²) in [6.45, 7) is 2.34. The number of benzene rings is 1. The lowest BCUT2D eigenvalue weighted by Crippen LogP contribution is -2.31. The molecule has 6 heteroatoms. The van der Waals surface area contributed by atoms with Crippen LogP contribution in [0.5, 0.6) is 0 Å². The van der Waals surface area contributed by atoms with Gasteiger partial charge in [-0.2, -0.15) is 0 Å². The highest BCUT2D eigenvalue weighted by molar-refractivity contribution is 5.81. The van der Waals surface area contributed by atoms with Gasteiger partial charge in [-0.3, -0.25) is 19.1 Å². The van der Waals surface area contributed by atoms with Crippen LogP contribution < -0.4 is 16.2 Å². The second kappa shape index (κ2) is 8.69. The lowest BCUT2D eigenvalue weighted by molar-refractivity contribution is -0.119. The van der Waals surface area contributed by atoms with Crippen LogP contribution in [-0.4, -0.2) is 22.0 Å². The Morgan fingerprint density at radius 2 is 1.82 bits per heavy atom. The molecule has 0 radical (unpaired) electrons. The van der Waals surface area contributed by atoms with Crippen molar-refractivity contribution in [3.05, 3.63) is 88.0 Å². The molecule has 0 fully saturated rings. The molecule has 1 aromatic carbocycles. The molecule has 28 heavy (non-hydrogen) atoms. The van der Waals surface area contributed by atoms with E-state index in [2.05, 4.69) is 21.5 Å². The van der Waals surface area contributed by atoms with Crippen LogP contribution >= 0.6 is 0 Å². The Balaban J connectivity index is 1.80. The van der Waals surface area contributed by atoms with Gasteiger partial charge in [0.15, 0.2) is 0 Å². The van der Waals surface area contributed by atoms with Crippen molar-refractivity contribution < 1.29 is 4.79 Å². The van der Waals surface area contributed by atoms with Crippen molar-refractivity contribution in [2.75, 3.05) is 11.9 Å². The predicted molar refractivity (Wildman–Crippen MR) is 109 cm³/mol. The summed E-state index contributed by atoms with van der Waals surface area (Å²) in [4.78, 5) is 28.7. The van der Waals surface area contributed by atoms with E-state index in [9.17, 15) is 9.59 Å². The first-order chi connectivity index (χ1) is 13.6. The Hall–Kier alpha value is -3.85. The zero-order valence-corrected chi connectivity index (χ0v) is 15.5. The van der Waals surface area contributed by atoms with Crippen molar-refractivity contribution in [2.24, 2.45) is 0 Å². The highest BCUT2D eigenvalue weighted by Crippen LogP contribution is 2.18. The Morgan fingerprint density at radius 1 is 1.11 bits per heavy atom. The fourth-order valence-electron chi connectivity index (χ4n) is 2.71. The van der Waals surface area contributed by atoms with Gasteiger partial charge >= 0.3 is 0 Å². The Bertz CT molecular complexity index is 1060. The summed E-state index contributed by atoms with van der Waals surface area (Å²) in [5.41, 5.74) is 2.97. The average molecular weight is 372 g/mol. The minimum atomic E-state index is -0.234. The van der Waals surface area contributed by atoms with Gasteiger partial charge < -0.3 is 10.6 Å². The summed E-state index contributed by atoms with van der Waals surface area (Å²) < 4.78 is 1.48. The quantitative estimate of drug-likeness (QED) is 0.651. The second-order valence-corrected chi connectivity index (χ2v) is 6.23. The number of carbonyl (C=O) groups is 1. The van der Waals surface area contributed by atoms with E-state index in [0.29, 0.717) is 23.6 Å². The normalized spacial score (nSPS) is 10.1. The standard InChI is InChI=1S/C22H20N4O2/c1-3-18-6-9-21(28)26(19-7-4-16(2)5-8-19)22(18)25-15-20(27)24-14-17-10-12-23-13-11-17/h1,4-13,25H,14-15H2,2H3,(H,24,27). The first-order valence-electron chi connectivity index (χ1n) is 8.77. The summed E-state index contributed by atoms with van der Waals surface area (Å²) in [6, 6.07) is 14.2. The molecule has 140 valence electrons. The van der Waals surface area contributed by atoms with Crippen LogP contribution in [0, 0.1) is 19.3 Å². The number of aryl methyl sites for hydroxylation is 1. The Labute approximate surface area is 163 Å². The van der Waals surface area contributed by atoms with E-state index in [1.807, 2.05) is 43.3 Å². The molecule has 2 heterocycles. The summed E-state index contributed by atoms with van der Waals surface area (Å²) in [6.07, 6.45) is 8.94. The summed E-state index contributed by atoms with van der Waals surface area (Å²) in [7, 11) is 0. The van der Waals surface area contributed by atoms with Gasteiger partial charge in [0.1, 0.15) is 5.82 Å². The van der Waals surface area contributed by atoms with Gasteiger partial charge in [-0.05, 0) is 42.8 Å². The Morgan fingerprint density at radius 3 is 2.50 bits per heavy atom. The van der Waals surface area contributed by atoms with Crippen LogP contribution in [0.25, 0.3) is 5.69 Å². The number of rotatable bonds is 6. The number of carbonyl (C=O) groups excluding carboxylic acids is 1. The van der Waals surface area contributed by atoms with Crippen LogP contribution in [-0.2, 0) is 11.3 Å². The SMILES string of the molecule is C#Cc1ccc(=O)n(-c2ccc(C)cc2)c1NCC(=O)NCc1ccncc1. The maximum atomic E-state index is 12.5. The van der Waals surface area contributed by atoms with Crippen molar-refractivity contribution in [3.8, 4) is 18.0 Å². The third kappa shape index (κ3) is 4.46. The molecule has 6 nitrogen and oxygen atoms in total. The summed E-state index contributed by atoms with van der Waals surface area (Å²) >= 11 is 0. The minimum Gasteiger partial charge on any atom is -0.361 e. The number of pyridine rings is 2. The van der Waals surface area contributed by atoms with Crippen molar-refractivity contribution in [2.45, 2.75) is 13.5 Å². The van der Waals surface area contributed by atoms with E-state index in [-0.39, 0.29) is 18.0 Å². The van der Waals surface area contributed by atoms with Gasteiger partial charge in [-0.25, -0.2) is 0 Å². The molecule has 0 spiro atoms. The fraction of sp³-hybridized carbons (Fsp3) is 0.136. The number of anilines is 1. The van der Waals surface area contributed by atoms with Crippen LogP contribution in [0.2, 0.25) is 0 Å². The third-order valence-electron chi connectivity index (χ3n) is 4.19. The summed E-state index contributed by atoms with van der Waals surface area (Å²) in [5.74, 6) is 2.76. The zero-order chi connectivity index (χ0) is 19.9. The molecular weight excluding hydrogens is 352 g/mol. The van der Waals surface area contributed by atoms with E-state index in [0.717, 1.165) is 11.1 Å². The Kier molecular flexibility index (Phi) is 5.87. The average Bonchev–Trinajstić information content (AvgIpc) is 2.72. The molecule has 1 amide bonds. The van der Waals surface area contributed by atoms with E-state index in [1.54, 1.807) is 18.5 Å². The molecule has 0 saturated heterocycles. The molecule has 2 N–H and O–H groups in total. The highest BCUT2D eigenvalue weighted by atomic mass is 16.2. The molecule has 0 aliphatic rings. The zero-order valence-electron chi connectivity index (χ0n) is 15.5. The van der Waals surface area contributed by atoms with Gasteiger partial charge in [0.05, 0.1) is 17.8 Å². The molecule has 0 unspecified atom stereocenters. The number of terminal acetylenes is 1. The van der Waals surface area contributed by atoms with Gasteiger partial charge in [-0.1, -0.05) is 23.6 Å². The van der Waals surface area contributed by atoms with Gasteiger partial charge in [0, 0.05) is 25.0 Å². The number of hydrogen-bond acceptors (Lipinski definition) is 4. The van der Waals surface area contributed by atoms with E-state index < -0.39 is 0 Å². The maximum absolute atomic E-state index is 12.5. The minimum absolute atomic E-state index is 0.0188. The molecule has 0 atom stereocenters. The van der Waals surface area contributed by atoms with Crippen LogP contribution in [0.3, 0.4) is 0 Å². The monoisotopic (exact) mass is 372 g/mol. The highest BCUT2D eigenvalue weighted by Gasteiger charge is 2.12. The first-order valence-corrected chi connectivity index (χ1v) is 8.77. The molecule has 0 bridgehead atoms. The predicted octanol–water partition coefficient (Wildman–Crippen LogP) is 2.25. The molecule has 2 aromatic heterocycles.